The smallest absolute Gasteiger partial charge is 0.376 e. The number of carbonyl (C=O) groups is 1. The third kappa shape index (κ3) is 4.49. The van der Waals surface area contributed by atoms with E-state index in [2.05, 4.69) is 41.3 Å². The highest BCUT2D eigenvalue weighted by Crippen LogP contribution is 2.57. The molecular weight excluding hydrogens is 542 g/mol. The molecule has 8 heteroatoms. The van der Waals surface area contributed by atoms with Gasteiger partial charge in [-0.05, 0) is 61.0 Å². The number of ether oxygens (including phenoxy) is 2. The van der Waals surface area contributed by atoms with Crippen molar-refractivity contribution in [2.45, 2.75) is 29.2 Å². The lowest BCUT2D eigenvalue weighted by molar-refractivity contribution is -0.135. The van der Waals surface area contributed by atoms with Gasteiger partial charge >= 0.3 is 5.97 Å². The Bertz CT molecular complexity index is 1550. The summed E-state index contributed by atoms with van der Waals surface area (Å²) in [4.78, 5) is 16.7. The largest absolute Gasteiger partial charge is 0.497 e. The van der Waals surface area contributed by atoms with Crippen molar-refractivity contribution in [3.05, 3.63) is 119 Å². The van der Waals surface area contributed by atoms with Gasteiger partial charge in [0.15, 0.2) is 5.66 Å². The Labute approximate surface area is 243 Å². The zero-order valence-electron chi connectivity index (χ0n) is 22.2. The van der Waals surface area contributed by atoms with Crippen molar-refractivity contribution in [2.75, 3.05) is 23.6 Å². The van der Waals surface area contributed by atoms with E-state index in [-0.39, 0.29) is 17.7 Å². The molecule has 0 fully saturated rings. The van der Waals surface area contributed by atoms with Crippen LogP contribution in [-0.2, 0) is 15.2 Å². The first-order chi connectivity index (χ1) is 19.5. The van der Waals surface area contributed by atoms with Crippen molar-refractivity contribution in [1.29, 1.82) is 0 Å². The SMILES string of the molecule is CCOC(=O)C1=NN(c2ccc(Cl)cc2)C2(c3ccccc3)CC(c3ccc(OC)cc3)Sc3ccccc3N12. The zero-order chi connectivity index (χ0) is 27.7. The lowest BCUT2D eigenvalue weighted by Gasteiger charge is -2.45. The van der Waals surface area contributed by atoms with E-state index in [1.807, 2.05) is 71.7 Å². The molecule has 6 rings (SSSR count). The molecule has 2 unspecified atom stereocenters. The number of thioether (sulfide) groups is 1. The average Bonchev–Trinajstić information content (AvgIpc) is 3.25. The van der Waals surface area contributed by atoms with Gasteiger partial charge in [-0.1, -0.05) is 66.2 Å². The van der Waals surface area contributed by atoms with Crippen molar-refractivity contribution < 1.29 is 14.3 Å². The molecule has 2 aliphatic rings. The molecule has 6 nitrogen and oxygen atoms in total. The third-order valence-corrected chi connectivity index (χ3v) is 8.80. The molecule has 0 aromatic heterocycles. The van der Waals surface area contributed by atoms with E-state index in [0.717, 1.165) is 33.1 Å². The van der Waals surface area contributed by atoms with Crippen LogP contribution in [0.3, 0.4) is 0 Å². The summed E-state index contributed by atoms with van der Waals surface area (Å²) in [6.45, 7) is 2.05. The Hall–Kier alpha value is -3.94. The second-order valence-corrected chi connectivity index (χ2v) is 11.2. The Balaban J connectivity index is 1.64. The maximum Gasteiger partial charge on any atom is 0.376 e. The monoisotopic (exact) mass is 569 g/mol. The molecule has 0 saturated heterocycles. The van der Waals surface area contributed by atoms with Gasteiger partial charge in [0.05, 0.1) is 25.1 Å². The lowest BCUT2D eigenvalue weighted by Crippen LogP contribution is -2.55. The van der Waals surface area contributed by atoms with Crippen LogP contribution in [0.25, 0.3) is 0 Å². The molecule has 0 spiro atoms. The third-order valence-electron chi connectivity index (χ3n) is 7.23. The molecule has 4 aromatic carbocycles. The number of esters is 1. The number of para-hydroxylation sites is 1. The number of rotatable bonds is 6. The fourth-order valence-corrected chi connectivity index (χ4v) is 6.92. The summed E-state index contributed by atoms with van der Waals surface area (Å²) < 4.78 is 11.0. The number of anilines is 2. The van der Waals surface area contributed by atoms with Gasteiger partial charge in [-0.15, -0.1) is 16.9 Å². The highest BCUT2D eigenvalue weighted by molar-refractivity contribution is 7.99. The van der Waals surface area contributed by atoms with Crippen LogP contribution in [0.4, 0.5) is 11.4 Å². The van der Waals surface area contributed by atoms with Gasteiger partial charge in [0.1, 0.15) is 5.75 Å². The number of nitrogens with zero attached hydrogens (tertiary/aromatic N) is 3. The molecule has 0 saturated carbocycles. The van der Waals surface area contributed by atoms with Crippen LogP contribution in [0.5, 0.6) is 5.75 Å². The number of halogens is 1. The van der Waals surface area contributed by atoms with Crippen molar-refractivity contribution in [3.63, 3.8) is 0 Å². The van der Waals surface area contributed by atoms with E-state index < -0.39 is 11.6 Å². The number of hydrogen-bond donors (Lipinski definition) is 0. The fraction of sp³-hybridized carbons (Fsp3) is 0.188. The lowest BCUT2D eigenvalue weighted by atomic mass is 9.88. The summed E-state index contributed by atoms with van der Waals surface area (Å²) in [5, 5.41) is 7.63. The quantitative estimate of drug-likeness (QED) is 0.222. The summed E-state index contributed by atoms with van der Waals surface area (Å²) in [6.07, 6.45) is 0.609. The minimum Gasteiger partial charge on any atom is -0.497 e. The molecule has 0 amide bonds. The zero-order valence-corrected chi connectivity index (χ0v) is 23.7. The van der Waals surface area contributed by atoms with Crippen LogP contribution in [0, 0.1) is 0 Å². The standard InChI is InChI=1S/C32H28ClN3O3S/c1-3-39-31(37)30-34-36(25-17-15-24(33)16-18-25)32(23-9-5-4-6-10-23)21-29(22-13-19-26(38-2)20-14-22)40-28-12-8-7-11-27(28)35(30)32/h4-20,29H,3,21H2,1-2H3. The number of methoxy groups -OCH3 is 1. The molecule has 0 bridgehead atoms. The number of amidine groups is 1. The molecule has 2 atom stereocenters. The van der Waals surface area contributed by atoms with E-state index in [1.165, 1.54) is 0 Å². The first-order valence-corrected chi connectivity index (χ1v) is 14.4. The predicted octanol–water partition coefficient (Wildman–Crippen LogP) is 7.64. The summed E-state index contributed by atoms with van der Waals surface area (Å²) in [5.74, 6) is 0.574. The van der Waals surface area contributed by atoms with Crippen LogP contribution in [-0.4, -0.2) is 25.5 Å². The molecular formula is C32H28ClN3O3S. The molecule has 4 aromatic rings. The second-order valence-electron chi connectivity index (χ2n) is 9.50. The van der Waals surface area contributed by atoms with Gasteiger partial charge in [0.2, 0.25) is 5.84 Å². The Morgan fingerprint density at radius 2 is 1.68 bits per heavy atom. The highest BCUT2D eigenvalue weighted by Gasteiger charge is 2.56. The second kappa shape index (κ2) is 10.9. The molecule has 40 heavy (non-hydrogen) atoms. The maximum atomic E-state index is 13.6. The van der Waals surface area contributed by atoms with E-state index in [9.17, 15) is 4.79 Å². The first kappa shape index (κ1) is 26.3. The van der Waals surface area contributed by atoms with Crippen LogP contribution in [0.15, 0.2) is 113 Å². The molecule has 0 radical (unpaired) electrons. The van der Waals surface area contributed by atoms with Crippen LogP contribution < -0.4 is 14.6 Å². The van der Waals surface area contributed by atoms with Gasteiger partial charge in [-0.2, -0.15) is 0 Å². The topological polar surface area (TPSA) is 54.4 Å². The van der Waals surface area contributed by atoms with E-state index >= 15 is 0 Å². The van der Waals surface area contributed by atoms with E-state index in [0.29, 0.717) is 11.4 Å². The first-order valence-electron chi connectivity index (χ1n) is 13.1. The number of carbonyl (C=O) groups excluding carboxylic acids is 1. The summed E-state index contributed by atoms with van der Waals surface area (Å²) in [5.41, 5.74) is 2.98. The maximum absolute atomic E-state index is 13.6. The molecule has 0 N–H and O–H groups in total. The van der Waals surface area contributed by atoms with E-state index in [1.54, 1.807) is 25.8 Å². The summed E-state index contributed by atoms with van der Waals surface area (Å²) >= 11 is 8.08. The van der Waals surface area contributed by atoms with Crippen molar-refractivity contribution in [3.8, 4) is 5.75 Å². The minimum atomic E-state index is -0.888. The van der Waals surface area contributed by atoms with Gasteiger partial charge in [0, 0.05) is 27.2 Å². The number of hydrogen-bond acceptors (Lipinski definition) is 7. The van der Waals surface area contributed by atoms with Crippen LogP contribution >= 0.6 is 23.4 Å². The van der Waals surface area contributed by atoms with Crippen molar-refractivity contribution in [2.24, 2.45) is 5.10 Å². The van der Waals surface area contributed by atoms with Gasteiger partial charge in [-0.25, -0.2) is 9.80 Å². The minimum absolute atomic E-state index is 0.0174. The van der Waals surface area contributed by atoms with Crippen molar-refractivity contribution >= 4 is 46.5 Å². The van der Waals surface area contributed by atoms with Crippen molar-refractivity contribution in [1.82, 2.24) is 0 Å². The van der Waals surface area contributed by atoms with Gasteiger partial charge in [-0.3, -0.25) is 4.90 Å². The van der Waals surface area contributed by atoms with Crippen LogP contribution in [0.2, 0.25) is 5.02 Å². The normalized spacial score (nSPS) is 19.8. The Morgan fingerprint density at radius 3 is 2.38 bits per heavy atom. The molecule has 2 heterocycles. The van der Waals surface area contributed by atoms with Gasteiger partial charge in [0.25, 0.3) is 0 Å². The van der Waals surface area contributed by atoms with Gasteiger partial charge < -0.3 is 9.47 Å². The predicted molar refractivity (Wildman–Crippen MR) is 161 cm³/mol. The Morgan fingerprint density at radius 1 is 0.975 bits per heavy atom. The average molecular weight is 570 g/mol. The molecule has 2 aliphatic heterocycles. The van der Waals surface area contributed by atoms with Crippen LogP contribution in [0.1, 0.15) is 29.7 Å². The van der Waals surface area contributed by atoms with E-state index in [4.69, 9.17) is 26.2 Å². The Kier molecular flexibility index (Phi) is 7.17. The number of hydrazone groups is 1. The summed E-state index contributed by atoms with van der Waals surface area (Å²) in [7, 11) is 1.67. The number of fused-ring (bicyclic) bond motifs is 3. The molecule has 0 aliphatic carbocycles. The summed E-state index contributed by atoms with van der Waals surface area (Å²) in [6, 6.07) is 34.2. The highest BCUT2D eigenvalue weighted by atomic mass is 35.5. The molecule has 202 valence electrons. The fourth-order valence-electron chi connectivity index (χ4n) is 5.44. The number of benzene rings is 4.